The van der Waals surface area contributed by atoms with E-state index in [1.54, 1.807) is 6.07 Å². The fourth-order valence-corrected chi connectivity index (χ4v) is 2.60. The zero-order valence-electron chi connectivity index (χ0n) is 10.7. The van der Waals surface area contributed by atoms with E-state index in [-0.39, 0.29) is 21.6 Å². The Balaban J connectivity index is 2.66. The van der Waals surface area contributed by atoms with E-state index in [0.717, 1.165) is 15.9 Å². The Kier molecular flexibility index (Phi) is 4.14. The molecule has 0 bridgehead atoms. The average Bonchev–Trinajstić information content (AvgIpc) is 2.68. The predicted octanol–water partition coefficient (Wildman–Crippen LogP) is 3.25. The van der Waals surface area contributed by atoms with Crippen LogP contribution >= 0.6 is 31.9 Å². The zero-order valence-corrected chi connectivity index (χ0v) is 13.8. The minimum absolute atomic E-state index is 0.119. The van der Waals surface area contributed by atoms with Gasteiger partial charge >= 0.3 is 0 Å². The summed E-state index contributed by atoms with van der Waals surface area (Å²) < 4.78 is 16.9. The van der Waals surface area contributed by atoms with E-state index in [0.29, 0.717) is 0 Å². The zero-order chi connectivity index (χ0) is 15.0. The van der Waals surface area contributed by atoms with Gasteiger partial charge < -0.3 is 10.9 Å². The van der Waals surface area contributed by atoms with Crippen molar-refractivity contribution < 1.29 is 9.60 Å². The summed E-state index contributed by atoms with van der Waals surface area (Å²) in [6.07, 6.45) is 0. The number of hydrogen-bond donors (Lipinski definition) is 2. The van der Waals surface area contributed by atoms with Crippen LogP contribution in [0.4, 0.5) is 4.39 Å². The molecule has 8 heteroatoms. The van der Waals surface area contributed by atoms with Crippen LogP contribution in [-0.2, 0) is 0 Å². The van der Waals surface area contributed by atoms with Gasteiger partial charge in [0, 0.05) is 5.56 Å². The molecule has 1 heterocycles. The first-order valence-electron chi connectivity index (χ1n) is 5.56. The lowest BCUT2D eigenvalue weighted by Gasteiger charge is -2.10. The third-order valence-electron chi connectivity index (χ3n) is 2.88. The molecule has 5 nitrogen and oxygen atoms in total. The lowest BCUT2D eigenvalue weighted by Crippen LogP contribution is -2.15. The van der Waals surface area contributed by atoms with Gasteiger partial charge in [0.1, 0.15) is 5.69 Å². The second-order valence-electron chi connectivity index (χ2n) is 4.14. The molecule has 0 saturated carbocycles. The molecular formula is C12H11Br2FN4O. The molecule has 1 aromatic heterocycles. The maximum absolute atomic E-state index is 14.5. The van der Waals surface area contributed by atoms with Gasteiger partial charge in [-0.25, -0.2) is 9.07 Å². The normalized spacial score (nSPS) is 11.9. The third kappa shape index (κ3) is 2.33. The van der Waals surface area contributed by atoms with Gasteiger partial charge in [-0.3, -0.25) is 0 Å². The molecule has 0 aliphatic heterocycles. The first-order valence-corrected chi connectivity index (χ1v) is 7.15. The minimum Gasteiger partial charge on any atom is -0.409 e. The molecule has 2 rings (SSSR count). The average molecular weight is 406 g/mol. The van der Waals surface area contributed by atoms with E-state index >= 15 is 0 Å². The van der Waals surface area contributed by atoms with E-state index in [1.165, 1.54) is 10.7 Å². The standard InChI is InChI=1S/C12H11Br2FN4O/c1-5-9(13)6(2)19(17-5)8-4-3-7(12(16)18-20)10(14)11(8)15/h3-4,20H,1-2H3,(H2,16,18). The fraction of sp³-hybridized carbons (Fsp3) is 0.167. The molecule has 0 amide bonds. The molecule has 0 unspecified atom stereocenters. The van der Waals surface area contributed by atoms with Crippen LogP contribution < -0.4 is 5.73 Å². The number of nitrogens with two attached hydrogens (primary N) is 1. The molecule has 0 spiro atoms. The molecule has 20 heavy (non-hydrogen) atoms. The van der Waals surface area contributed by atoms with Crippen molar-refractivity contribution in [1.29, 1.82) is 0 Å². The molecule has 3 N–H and O–H groups in total. The highest BCUT2D eigenvalue weighted by Gasteiger charge is 2.18. The van der Waals surface area contributed by atoms with Gasteiger partial charge in [0.15, 0.2) is 11.7 Å². The Labute approximate surface area is 131 Å². The summed E-state index contributed by atoms with van der Waals surface area (Å²) in [5.74, 6) is -0.705. The monoisotopic (exact) mass is 404 g/mol. The van der Waals surface area contributed by atoms with Crippen LogP contribution in [0.3, 0.4) is 0 Å². The Bertz CT molecular complexity index is 712. The molecule has 0 fully saturated rings. The maximum atomic E-state index is 14.5. The summed E-state index contributed by atoms with van der Waals surface area (Å²) in [6, 6.07) is 3.08. The molecule has 0 radical (unpaired) electrons. The first-order chi connectivity index (χ1) is 9.38. The first kappa shape index (κ1) is 15.0. The SMILES string of the molecule is Cc1nn(-c2ccc(/C(N)=N/O)c(Br)c2F)c(C)c1Br. The molecule has 106 valence electrons. The van der Waals surface area contributed by atoms with Gasteiger partial charge in [0.05, 0.1) is 20.3 Å². The largest absolute Gasteiger partial charge is 0.409 e. The number of halogens is 3. The number of aryl methyl sites for hydroxylation is 1. The van der Waals surface area contributed by atoms with Crippen LogP contribution in [-0.4, -0.2) is 20.8 Å². The second-order valence-corrected chi connectivity index (χ2v) is 5.73. The van der Waals surface area contributed by atoms with E-state index in [1.807, 2.05) is 13.8 Å². The van der Waals surface area contributed by atoms with Crippen LogP contribution in [0.25, 0.3) is 5.69 Å². The maximum Gasteiger partial charge on any atom is 0.171 e. The van der Waals surface area contributed by atoms with E-state index in [2.05, 4.69) is 42.1 Å². The minimum atomic E-state index is -0.535. The smallest absolute Gasteiger partial charge is 0.171 e. The van der Waals surface area contributed by atoms with Crippen molar-refractivity contribution in [2.75, 3.05) is 0 Å². The Hall–Kier alpha value is -1.41. The summed E-state index contributed by atoms with van der Waals surface area (Å²) in [4.78, 5) is 0. The van der Waals surface area contributed by atoms with Crippen molar-refractivity contribution in [1.82, 2.24) is 9.78 Å². The highest BCUT2D eigenvalue weighted by atomic mass is 79.9. The van der Waals surface area contributed by atoms with Gasteiger partial charge in [-0.1, -0.05) is 5.16 Å². The van der Waals surface area contributed by atoms with E-state index < -0.39 is 5.82 Å². The predicted molar refractivity (Wildman–Crippen MR) is 80.9 cm³/mol. The number of oxime groups is 1. The van der Waals surface area contributed by atoms with Crippen molar-refractivity contribution in [2.24, 2.45) is 10.9 Å². The summed E-state index contributed by atoms with van der Waals surface area (Å²) in [7, 11) is 0. The summed E-state index contributed by atoms with van der Waals surface area (Å²) in [5, 5.41) is 15.8. The van der Waals surface area contributed by atoms with Gasteiger partial charge in [-0.05, 0) is 57.8 Å². The van der Waals surface area contributed by atoms with Gasteiger partial charge in [-0.2, -0.15) is 5.10 Å². The highest BCUT2D eigenvalue weighted by molar-refractivity contribution is 9.10. The van der Waals surface area contributed by atoms with Crippen molar-refractivity contribution in [3.05, 3.63) is 43.8 Å². The fourth-order valence-electron chi connectivity index (χ4n) is 1.81. The number of benzene rings is 1. The lowest BCUT2D eigenvalue weighted by atomic mass is 10.2. The van der Waals surface area contributed by atoms with E-state index in [4.69, 9.17) is 10.9 Å². The van der Waals surface area contributed by atoms with Crippen molar-refractivity contribution in [3.8, 4) is 5.69 Å². The van der Waals surface area contributed by atoms with Crippen molar-refractivity contribution in [2.45, 2.75) is 13.8 Å². The van der Waals surface area contributed by atoms with Crippen LogP contribution in [0.15, 0.2) is 26.2 Å². The van der Waals surface area contributed by atoms with Crippen LogP contribution in [0.5, 0.6) is 0 Å². The number of aromatic nitrogens is 2. The topological polar surface area (TPSA) is 76.4 Å². The Morgan fingerprint density at radius 3 is 2.50 bits per heavy atom. The molecule has 1 aromatic carbocycles. The second kappa shape index (κ2) is 5.53. The molecule has 2 aromatic rings. The molecule has 0 aliphatic rings. The third-order valence-corrected chi connectivity index (χ3v) is 4.80. The molecule has 0 atom stereocenters. The van der Waals surface area contributed by atoms with Crippen LogP contribution in [0.1, 0.15) is 17.0 Å². The number of nitrogens with zero attached hydrogens (tertiary/aromatic N) is 3. The molecular weight excluding hydrogens is 395 g/mol. The van der Waals surface area contributed by atoms with Crippen LogP contribution in [0.2, 0.25) is 0 Å². The quantitative estimate of drug-likeness (QED) is 0.348. The highest BCUT2D eigenvalue weighted by Crippen LogP contribution is 2.29. The van der Waals surface area contributed by atoms with Gasteiger partial charge in [0.2, 0.25) is 0 Å². The number of amidine groups is 1. The number of rotatable bonds is 2. The molecule has 0 saturated heterocycles. The lowest BCUT2D eigenvalue weighted by molar-refractivity contribution is 0.318. The van der Waals surface area contributed by atoms with Crippen LogP contribution in [0, 0.1) is 19.7 Å². The van der Waals surface area contributed by atoms with Crippen molar-refractivity contribution in [3.63, 3.8) is 0 Å². The summed E-state index contributed by atoms with van der Waals surface area (Å²) >= 11 is 6.52. The Morgan fingerprint density at radius 2 is 2.00 bits per heavy atom. The number of hydrogen-bond acceptors (Lipinski definition) is 3. The van der Waals surface area contributed by atoms with Crippen molar-refractivity contribution >= 4 is 37.7 Å². The van der Waals surface area contributed by atoms with Gasteiger partial charge in [-0.15, -0.1) is 0 Å². The van der Waals surface area contributed by atoms with Gasteiger partial charge in [0.25, 0.3) is 0 Å². The van der Waals surface area contributed by atoms with E-state index in [9.17, 15) is 4.39 Å². The summed E-state index contributed by atoms with van der Waals surface area (Å²) in [6.45, 7) is 3.65. The summed E-state index contributed by atoms with van der Waals surface area (Å²) in [5.41, 5.74) is 7.58. The Morgan fingerprint density at radius 1 is 1.35 bits per heavy atom. The molecule has 0 aliphatic carbocycles.